The van der Waals surface area contributed by atoms with E-state index in [-0.39, 0.29) is 0 Å². The Bertz CT molecular complexity index is 903. The molecule has 0 aliphatic carbocycles. The molecule has 8 heteroatoms. The van der Waals surface area contributed by atoms with E-state index < -0.39 is 6.09 Å². The minimum absolute atomic E-state index is 0.400. The number of anilines is 1. The van der Waals surface area contributed by atoms with Crippen molar-refractivity contribution in [1.29, 1.82) is 0 Å². The van der Waals surface area contributed by atoms with E-state index in [4.69, 9.17) is 15.2 Å². The largest absolute Gasteiger partial charge is 0.492 e. The monoisotopic (exact) mass is 372 g/mol. The van der Waals surface area contributed by atoms with Crippen LogP contribution in [0, 0.1) is 6.92 Å². The van der Waals surface area contributed by atoms with Crippen LogP contribution in [0.3, 0.4) is 0 Å². The number of ether oxygens (including phenoxy) is 2. The molecule has 0 aliphatic heterocycles. The van der Waals surface area contributed by atoms with E-state index in [1.54, 1.807) is 23.0 Å². The Balaban J connectivity index is 1.83. The third kappa shape index (κ3) is 4.04. The summed E-state index contributed by atoms with van der Waals surface area (Å²) in [6, 6.07) is 9.16. The predicted molar refractivity (Wildman–Crippen MR) is 102 cm³/mol. The van der Waals surface area contributed by atoms with Crippen molar-refractivity contribution in [2.45, 2.75) is 6.92 Å². The zero-order valence-electron chi connectivity index (χ0n) is 14.6. The van der Waals surface area contributed by atoms with Crippen LogP contribution in [-0.4, -0.2) is 29.0 Å². The molecule has 1 amide bonds. The number of nitrogens with zero attached hydrogens (tertiary/aromatic N) is 2. The molecule has 0 radical (unpaired) electrons. The normalized spacial score (nSPS) is 10.6. The molecule has 0 unspecified atom stereocenters. The van der Waals surface area contributed by atoms with Crippen molar-refractivity contribution >= 4 is 23.1 Å². The van der Waals surface area contributed by atoms with E-state index in [0.717, 1.165) is 16.8 Å². The Morgan fingerprint density at radius 2 is 2.19 bits per heavy atom. The highest BCUT2D eigenvalue weighted by molar-refractivity contribution is 7.12. The SMILES string of the molecule is Cc1ccsc1OC(=O)Nc1ccc(OCCN)c(-c2ccnn2C)c1. The van der Waals surface area contributed by atoms with Gasteiger partial charge in [0.15, 0.2) is 5.06 Å². The summed E-state index contributed by atoms with van der Waals surface area (Å²) in [6.07, 6.45) is 1.16. The third-order valence-corrected chi connectivity index (χ3v) is 4.59. The lowest BCUT2D eigenvalue weighted by atomic mass is 10.1. The second-order valence-electron chi connectivity index (χ2n) is 5.59. The first-order valence-electron chi connectivity index (χ1n) is 8.06. The Hall–Kier alpha value is -2.84. The molecule has 26 heavy (non-hydrogen) atoms. The van der Waals surface area contributed by atoms with Crippen LogP contribution in [0.15, 0.2) is 41.9 Å². The molecule has 0 atom stereocenters. The fourth-order valence-electron chi connectivity index (χ4n) is 2.43. The average Bonchev–Trinajstić information content (AvgIpc) is 3.22. The fourth-order valence-corrected chi connectivity index (χ4v) is 3.21. The number of nitrogens with two attached hydrogens (primary N) is 1. The van der Waals surface area contributed by atoms with Crippen molar-refractivity contribution in [3.8, 4) is 22.1 Å². The lowest BCUT2D eigenvalue weighted by Crippen LogP contribution is -2.17. The van der Waals surface area contributed by atoms with Gasteiger partial charge in [0.05, 0.1) is 5.69 Å². The maximum Gasteiger partial charge on any atom is 0.417 e. The van der Waals surface area contributed by atoms with Gasteiger partial charge in [-0.1, -0.05) is 0 Å². The highest BCUT2D eigenvalue weighted by Gasteiger charge is 2.14. The molecule has 0 aliphatic rings. The number of nitrogens with one attached hydrogen (secondary N) is 1. The van der Waals surface area contributed by atoms with Gasteiger partial charge >= 0.3 is 6.09 Å². The summed E-state index contributed by atoms with van der Waals surface area (Å²) in [7, 11) is 1.84. The maximum atomic E-state index is 12.2. The van der Waals surface area contributed by atoms with E-state index in [1.807, 2.05) is 37.6 Å². The maximum absolute atomic E-state index is 12.2. The second kappa shape index (κ2) is 8.03. The molecule has 2 aromatic heterocycles. The molecule has 3 rings (SSSR count). The van der Waals surface area contributed by atoms with Crippen LogP contribution in [0.2, 0.25) is 0 Å². The van der Waals surface area contributed by atoms with Crippen LogP contribution in [0.5, 0.6) is 10.8 Å². The Labute approximate surface area is 155 Å². The summed E-state index contributed by atoms with van der Waals surface area (Å²) in [4.78, 5) is 12.2. The standard InChI is InChI=1S/C18H20N4O3S/c1-12-6-10-26-17(12)25-18(23)21-13-3-4-16(24-9-7-19)14(11-13)15-5-8-20-22(15)2/h3-6,8,10-11H,7,9,19H2,1-2H3,(H,21,23). The number of benzene rings is 1. The van der Waals surface area contributed by atoms with Gasteiger partial charge in [0.2, 0.25) is 0 Å². The zero-order valence-corrected chi connectivity index (χ0v) is 15.4. The molecule has 1 aromatic carbocycles. The number of thiophene rings is 1. The van der Waals surface area contributed by atoms with E-state index in [0.29, 0.717) is 29.7 Å². The zero-order chi connectivity index (χ0) is 18.5. The lowest BCUT2D eigenvalue weighted by molar-refractivity contribution is 0.216. The van der Waals surface area contributed by atoms with Gasteiger partial charge in [-0.15, -0.1) is 11.3 Å². The molecule has 0 spiro atoms. The van der Waals surface area contributed by atoms with E-state index in [2.05, 4.69) is 10.4 Å². The molecule has 3 N–H and O–H groups in total. The number of amides is 1. The summed E-state index contributed by atoms with van der Waals surface area (Å²) < 4.78 is 12.8. The number of carbonyl (C=O) groups excluding carboxylic acids is 1. The van der Waals surface area contributed by atoms with Crippen LogP contribution in [0.4, 0.5) is 10.5 Å². The van der Waals surface area contributed by atoms with Crippen LogP contribution >= 0.6 is 11.3 Å². The van der Waals surface area contributed by atoms with E-state index in [9.17, 15) is 4.79 Å². The summed E-state index contributed by atoms with van der Waals surface area (Å²) in [5, 5.41) is 9.40. The highest BCUT2D eigenvalue weighted by Crippen LogP contribution is 2.32. The lowest BCUT2D eigenvalue weighted by Gasteiger charge is -2.13. The quantitative estimate of drug-likeness (QED) is 0.692. The molecular formula is C18H20N4O3S. The first kappa shape index (κ1) is 18.0. The van der Waals surface area contributed by atoms with Gasteiger partial charge in [-0.05, 0) is 42.6 Å². The topological polar surface area (TPSA) is 91.4 Å². The van der Waals surface area contributed by atoms with Gasteiger partial charge in [0, 0.05) is 36.6 Å². The number of rotatable bonds is 6. The van der Waals surface area contributed by atoms with Crippen molar-refractivity contribution in [2.75, 3.05) is 18.5 Å². The van der Waals surface area contributed by atoms with Gasteiger partial charge in [0.1, 0.15) is 12.4 Å². The van der Waals surface area contributed by atoms with Crippen molar-refractivity contribution in [1.82, 2.24) is 9.78 Å². The van der Waals surface area contributed by atoms with Crippen LogP contribution < -0.4 is 20.5 Å². The van der Waals surface area contributed by atoms with E-state index >= 15 is 0 Å². The second-order valence-corrected chi connectivity index (χ2v) is 6.47. The van der Waals surface area contributed by atoms with Crippen LogP contribution in [0.1, 0.15) is 5.56 Å². The molecular weight excluding hydrogens is 352 g/mol. The molecule has 7 nitrogen and oxygen atoms in total. The number of aromatic nitrogens is 2. The van der Waals surface area contributed by atoms with E-state index in [1.165, 1.54) is 11.3 Å². The third-order valence-electron chi connectivity index (χ3n) is 3.70. The Kier molecular flexibility index (Phi) is 5.55. The van der Waals surface area contributed by atoms with Gasteiger partial charge in [-0.25, -0.2) is 4.79 Å². The molecule has 0 saturated heterocycles. The molecule has 0 saturated carbocycles. The summed E-state index contributed by atoms with van der Waals surface area (Å²) in [6.45, 7) is 2.71. The van der Waals surface area contributed by atoms with Crippen LogP contribution in [-0.2, 0) is 7.05 Å². The highest BCUT2D eigenvalue weighted by atomic mass is 32.1. The minimum Gasteiger partial charge on any atom is -0.492 e. The van der Waals surface area contributed by atoms with Crippen molar-refractivity contribution in [3.63, 3.8) is 0 Å². The number of hydrogen-bond acceptors (Lipinski definition) is 6. The van der Waals surface area contributed by atoms with Gasteiger partial charge in [-0.3, -0.25) is 10.00 Å². The molecule has 0 fully saturated rings. The molecule has 136 valence electrons. The molecule has 0 bridgehead atoms. The molecule has 2 heterocycles. The number of aryl methyl sites for hydroxylation is 2. The van der Waals surface area contributed by atoms with Crippen molar-refractivity contribution in [2.24, 2.45) is 12.8 Å². The summed E-state index contributed by atoms with van der Waals surface area (Å²) in [5.74, 6) is 0.673. The number of carbonyl (C=O) groups is 1. The average molecular weight is 372 g/mol. The van der Waals surface area contributed by atoms with Gasteiger partial charge in [0.25, 0.3) is 0 Å². The molecule has 3 aromatic rings. The number of hydrogen-bond donors (Lipinski definition) is 2. The Morgan fingerprint density at radius 1 is 1.35 bits per heavy atom. The predicted octanol–water partition coefficient (Wildman–Crippen LogP) is 3.41. The van der Waals surface area contributed by atoms with Gasteiger partial charge in [-0.2, -0.15) is 5.10 Å². The van der Waals surface area contributed by atoms with Crippen molar-refractivity contribution in [3.05, 3.63) is 47.5 Å². The smallest absolute Gasteiger partial charge is 0.417 e. The van der Waals surface area contributed by atoms with Gasteiger partial charge < -0.3 is 15.2 Å². The fraction of sp³-hybridized carbons (Fsp3) is 0.222. The first-order valence-corrected chi connectivity index (χ1v) is 8.94. The Morgan fingerprint density at radius 3 is 2.85 bits per heavy atom. The summed E-state index contributed by atoms with van der Waals surface area (Å²) >= 11 is 1.38. The minimum atomic E-state index is -0.540. The summed E-state index contributed by atoms with van der Waals surface area (Å²) in [5.41, 5.74) is 8.73. The van der Waals surface area contributed by atoms with Crippen LogP contribution in [0.25, 0.3) is 11.3 Å². The first-order chi connectivity index (χ1) is 12.6. The van der Waals surface area contributed by atoms with Crippen molar-refractivity contribution < 1.29 is 14.3 Å².